The molecule has 1 aliphatic carbocycles. The van der Waals surface area contributed by atoms with Crippen LogP contribution in [0, 0.1) is 17.3 Å². The van der Waals surface area contributed by atoms with Gasteiger partial charge in [-0.1, -0.05) is 91.0 Å². The summed E-state index contributed by atoms with van der Waals surface area (Å²) >= 11 is 0. The number of ether oxygens (including phenoxy) is 5. The predicted octanol–water partition coefficient (Wildman–Crippen LogP) is 5.72. The Labute approximate surface area is 307 Å². The summed E-state index contributed by atoms with van der Waals surface area (Å²) in [6.07, 6.45) is -0.887. The molecule has 0 radical (unpaired) electrons. The van der Waals surface area contributed by atoms with Crippen LogP contribution in [0.25, 0.3) is 0 Å². The maximum atomic E-state index is 15.5. The molecule has 1 amide bonds. The Bertz CT molecular complexity index is 1910. The van der Waals surface area contributed by atoms with Crippen molar-refractivity contribution in [2.24, 2.45) is 17.3 Å². The van der Waals surface area contributed by atoms with Gasteiger partial charge in [0.15, 0.2) is 5.41 Å². The summed E-state index contributed by atoms with van der Waals surface area (Å²) in [6.45, 7) is 1.06. The van der Waals surface area contributed by atoms with Crippen molar-refractivity contribution in [2.45, 2.75) is 44.9 Å². The van der Waals surface area contributed by atoms with E-state index in [0.717, 1.165) is 5.56 Å². The number of benzene rings is 4. The van der Waals surface area contributed by atoms with E-state index in [2.05, 4.69) is 0 Å². The van der Waals surface area contributed by atoms with Crippen LogP contribution in [0.2, 0.25) is 0 Å². The molecular formula is C42H41NO10. The average molecular weight is 720 g/mol. The van der Waals surface area contributed by atoms with Gasteiger partial charge in [0.1, 0.15) is 24.9 Å². The minimum atomic E-state index is -2.44. The molecular weight excluding hydrogens is 678 g/mol. The number of amides is 1. The van der Waals surface area contributed by atoms with Gasteiger partial charge in [-0.3, -0.25) is 24.0 Å². The van der Waals surface area contributed by atoms with Crippen LogP contribution < -0.4 is 9.64 Å². The van der Waals surface area contributed by atoms with Crippen LogP contribution in [0.3, 0.4) is 0 Å². The molecule has 0 saturated heterocycles. The molecule has 0 N–H and O–H groups in total. The number of nitrogens with zero attached hydrogens (tertiary/aromatic N) is 1. The van der Waals surface area contributed by atoms with E-state index in [1.54, 1.807) is 85.8 Å². The summed E-state index contributed by atoms with van der Waals surface area (Å²) in [5, 5.41) is 0. The monoisotopic (exact) mass is 719 g/mol. The Morgan fingerprint density at radius 2 is 1.28 bits per heavy atom. The van der Waals surface area contributed by atoms with Crippen LogP contribution in [-0.4, -0.2) is 50.6 Å². The first-order valence-electron chi connectivity index (χ1n) is 17.4. The summed E-state index contributed by atoms with van der Waals surface area (Å²) in [5.41, 5.74) is -1.68. The van der Waals surface area contributed by atoms with Gasteiger partial charge < -0.3 is 28.6 Å². The number of methoxy groups -OCH3 is 2. The molecule has 0 aromatic heterocycles. The molecule has 1 fully saturated rings. The Kier molecular flexibility index (Phi) is 10.9. The van der Waals surface area contributed by atoms with Crippen molar-refractivity contribution in [3.63, 3.8) is 0 Å². The number of rotatable bonds is 13. The fraction of sp³-hybridized carbons (Fsp3) is 0.310. The van der Waals surface area contributed by atoms with Gasteiger partial charge in [-0.05, 0) is 59.7 Å². The molecule has 0 unspecified atom stereocenters. The first kappa shape index (κ1) is 36.8. The lowest BCUT2D eigenvalue weighted by molar-refractivity contribution is -0.185. The molecule has 1 heterocycles. The Morgan fingerprint density at radius 3 is 1.79 bits per heavy atom. The van der Waals surface area contributed by atoms with Gasteiger partial charge in [-0.25, -0.2) is 0 Å². The Balaban J connectivity index is 1.59. The van der Waals surface area contributed by atoms with E-state index in [-0.39, 0.29) is 26.4 Å². The highest BCUT2D eigenvalue weighted by Gasteiger charge is 2.78. The second-order valence-electron chi connectivity index (χ2n) is 13.1. The molecule has 274 valence electrons. The number of fused-ring (bicyclic) bond motifs is 2. The van der Waals surface area contributed by atoms with E-state index in [4.69, 9.17) is 23.7 Å². The van der Waals surface area contributed by atoms with E-state index >= 15 is 4.79 Å². The molecule has 1 saturated carbocycles. The van der Waals surface area contributed by atoms with Crippen LogP contribution in [0.1, 0.15) is 42.0 Å². The number of carbonyl (C=O) groups is 5. The first-order valence-corrected chi connectivity index (χ1v) is 17.4. The minimum Gasteiger partial charge on any atom is -0.497 e. The fourth-order valence-corrected chi connectivity index (χ4v) is 7.86. The van der Waals surface area contributed by atoms with E-state index in [1.807, 2.05) is 30.3 Å². The van der Waals surface area contributed by atoms with Gasteiger partial charge in [0, 0.05) is 12.1 Å². The summed E-state index contributed by atoms with van der Waals surface area (Å²) < 4.78 is 28.2. The summed E-state index contributed by atoms with van der Waals surface area (Å²) in [6, 6.07) is 31.9. The van der Waals surface area contributed by atoms with Crippen LogP contribution in [-0.2, 0) is 68.1 Å². The molecule has 6 rings (SSSR count). The zero-order chi connectivity index (χ0) is 37.6. The lowest BCUT2D eigenvalue weighted by Gasteiger charge is -2.37. The third-order valence-electron chi connectivity index (χ3n) is 10.2. The van der Waals surface area contributed by atoms with Crippen molar-refractivity contribution in [1.29, 1.82) is 0 Å². The molecule has 1 aliphatic heterocycles. The number of hydrogen-bond donors (Lipinski definition) is 0. The third kappa shape index (κ3) is 6.74. The van der Waals surface area contributed by atoms with Crippen molar-refractivity contribution in [2.75, 3.05) is 25.7 Å². The minimum absolute atomic E-state index is 0.0884. The zero-order valence-corrected chi connectivity index (χ0v) is 29.8. The second-order valence-corrected chi connectivity index (χ2v) is 13.1. The molecule has 3 atom stereocenters. The van der Waals surface area contributed by atoms with Crippen LogP contribution >= 0.6 is 0 Å². The average Bonchev–Trinajstić information content (AvgIpc) is 3.62. The van der Waals surface area contributed by atoms with Gasteiger partial charge in [0.2, 0.25) is 5.91 Å². The van der Waals surface area contributed by atoms with E-state index in [0.29, 0.717) is 28.1 Å². The van der Waals surface area contributed by atoms with Crippen molar-refractivity contribution in [1.82, 2.24) is 0 Å². The molecule has 11 nitrogen and oxygen atoms in total. The quantitative estimate of drug-likeness (QED) is 0.0960. The smallest absolute Gasteiger partial charge is 0.324 e. The van der Waals surface area contributed by atoms with E-state index in [1.165, 1.54) is 19.1 Å². The van der Waals surface area contributed by atoms with Gasteiger partial charge in [0.25, 0.3) is 0 Å². The molecule has 0 bridgehead atoms. The topological polar surface area (TPSA) is 135 Å². The van der Waals surface area contributed by atoms with Gasteiger partial charge in [-0.15, -0.1) is 0 Å². The maximum Gasteiger partial charge on any atom is 0.324 e. The molecule has 11 heteroatoms. The zero-order valence-electron chi connectivity index (χ0n) is 29.8. The van der Waals surface area contributed by atoms with Gasteiger partial charge in [-0.2, -0.15) is 0 Å². The largest absolute Gasteiger partial charge is 0.497 e. The van der Waals surface area contributed by atoms with Crippen molar-refractivity contribution in [3.8, 4) is 5.75 Å². The van der Waals surface area contributed by atoms with E-state index < -0.39 is 65.3 Å². The number of anilines is 1. The summed E-state index contributed by atoms with van der Waals surface area (Å²) in [4.78, 5) is 74.7. The molecule has 2 aliphatic rings. The highest BCUT2D eigenvalue weighted by Crippen LogP contribution is 2.66. The molecule has 1 spiro atoms. The van der Waals surface area contributed by atoms with E-state index in [9.17, 15) is 19.2 Å². The molecule has 4 aromatic rings. The lowest BCUT2D eigenvalue weighted by Crippen LogP contribution is -2.56. The fourth-order valence-electron chi connectivity index (χ4n) is 7.86. The Hall–Kier alpha value is -5.97. The third-order valence-corrected chi connectivity index (χ3v) is 10.2. The van der Waals surface area contributed by atoms with Crippen molar-refractivity contribution >= 4 is 35.5 Å². The normalized spacial score (nSPS) is 19.7. The number of carbonyl (C=O) groups excluding carboxylic acids is 5. The highest BCUT2D eigenvalue weighted by atomic mass is 16.6. The van der Waals surface area contributed by atoms with Crippen molar-refractivity contribution < 1.29 is 47.7 Å². The van der Waals surface area contributed by atoms with Crippen LogP contribution in [0.15, 0.2) is 109 Å². The SMILES string of the molecule is CCOC(=O)[C@@H]1C(C(=O)OCc2ccccc2)(C(=O)OCc2ccccc2)C[C@H](CC(=O)OC)[C@@]12C(=O)N(Cc1ccccc1)c1ccc(OC)cc12. The second kappa shape index (κ2) is 15.7. The predicted molar refractivity (Wildman–Crippen MR) is 192 cm³/mol. The number of esters is 4. The maximum absolute atomic E-state index is 15.5. The van der Waals surface area contributed by atoms with Crippen LogP contribution in [0.4, 0.5) is 5.69 Å². The van der Waals surface area contributed by atoms with Crippen LogP contribution in [0.5, 0.6) is 5.75 Å². The molecule has 53 heavy (non-hydrogen) atoms. The van der Waals surface area contributed by atoms with Crippen molar-refractivity contribution in [3.05, 3.63) is 131 Å². The molecule has 4 aromatic carbocycles. The Morgan fingerprint density at radius 1 is 0.736 bits per heavy atom. The van der Waals surface area contributed by atoms with Gasteiger partial charge in [0.05, 0.1) is 32.8 Å². The first-order chi connectivity index (χ1) is 25.7. The van der Waals surface area contributed by atoms with Gasteiger partial charge >= 0.3 is 23.9 Å². The summed E-state index contributed by atoms with van der Waals surface area (Å²) in [7, 11) is 2.67. The standard InChI is InChI=1S/C42H41NO10/c1-4-51-37(45)36-41(39(47)52-26-29-16-10-6-11-17-29,40(48)53-27-30-18-12-7-13-19-30)24-31(22-35(44)50-3)42(36)33-23-32(49-2)20-21-34(33)43(38(42)46)25-28-14-8-5-9-15-28/h5-21,23,31,36H,4,22,24-27H2,1-3H3/t31-,36+,42-/m0/s1. The number of hydrogen-bond acceptors (Lipinski definition) is 10. The highest BCUT2D eigenvalue weighted by molar-refractivity contribution is 6.15. The lowest BCUT2D eigenvalue weighted by atomic mass is 9.63. The summed E-state index contributed by atoms with van der Waals surface area (Å²) in [5.74, 6) is -7.06.